The van der Waals surface area contributed by atoms with Crippen LogP contribution in [0.1, 0.15) is 17.5 Å². The van der Waals surface area contributed by atoms with Gasteiger partial charge in [0.15, 0.2) is 0 Å². The van der Waals surface area contributed by atoms with Crippen LogP contribution in [0.4, 0.5) is 4.79 Å². The molecule has 6 heteroatoms. The number of amides is 2. The Kier molecular flexibility index (Phi) is 7.92. The van der Waals surface area contributed by atoms with Crippen molar-refractivity contribution in [1.29, 1.82) is 0 Å². The fraction of sp³-hybridized carbons (Fsp3) is 0.286. The summed E-state index contributed by atoms with van der Waals surface area (Å²) in [5.41, 5.74) is 1.63. The summed E-state index contributed by atoms with van der Waals surface area (Å²) in [5.74, 6) is 1.77. The summed E-state index contributed by atoms with van der Waals surface area (Å²) in [6.07, 6.45) is 0.948. The number of hydrogen-bond acceptors (Lipinski definition) is 3. The largest absolute Gasteiger partial charge is 0.488 e. The third-order valence-corrected chi connectivity index (χ3v) is 8.65. The van der Waals surface area contributed by atoms with E-state index < -0.39 is 5.54 Å². The number of quaternary nitrogens is 1. The monoisotopic (exact) mass is 548 g/mol. The lowest BCUT2D eigenvalue weighted by Gasteiger charge is -2.35. The van der Waals surface area contributed by atoms with Crippen molar-refractivity contribution in [3.63, 3.8) is 0 Å². The second-order valence-corrected chi connectivity index (χ2v) is 11.2. The molecule has 6 rings (SSSR count). The fourth-order valence-corrected chi connectivity index (χ4v) is 6.43. The van der Waals surface area contributed by atoms with Gasteiger partial charge in [-0.2, -0.15) is 0 Å². The Bertz CT molecular complexity index is 1320. The van der Waals surface area contributed by atoms with Gasteiger partial charge in [-0.15, -0.1) is 0 Å². The number of nitrogens with one attached hydrogen (secondary N) is 1. The highest BCUT2D eigenvalue weighted by Gasteiger charge is 2.51. The number of ether oxygens (including phenoxy) is 2. The van der Waals surface area contributed by atoms with Crippen LogP contribution in [-0.2, 0) is 5.54 Å². The molecule has 2 saturated heterocycles. The molecule has 4 aromatic carbocycles. The van der Waals surface area contributed by atoms with E-state index in [4.69, 9.17) is 9.47 Å². The second kappa shape index (κ2) is 12.1. The van der Waals surface area contributed by atoms with Gasteiger partial charge in [-0.25, -0.2) is 4.79 Å². The maximum absolute atomic E-state index is 13.7. The van der Waals surface area contributed by atoms with Crippen LogP contribution in [0.25, 0.3) is 0 Å². The van der Waals surface area contributed by atoms with Gasteiger partial charge in [0.2, 0.25) is 0 Å². The summed E-state index contributed by atoms with van der Waals surface area (Å²) in [6.45, 7) is 5.42. The predicted molar refractivity (Wildman–Crippen MR) is 161 cm³/mol. The Labute approximate surface area is 242 Å². The summed E-state index contributed by atoms with van der Waals surface area (Å²) in [4.78, 5) is 15.8. The minimum Gasteiger partial charge on any atom is -0.488 e. The van der Waals surface area contributed by atoms with Gasteiger partial charge in [0.05, 0.1) is 25.7 Å². The molecule has 0 aliphatic carbocycles. The van der Waals surface area contributed by atoms with Crippen LogP contribution in [0.15, 0.2) is 121 Å². The van der Waals surface area contributed by atoms with Crippen LogP contribution >= 0.6 is 0 Å². The van der Waals surface area contributed by atoms with E-state index in [1.165, 1.54) is 0 Å². The van der Waals surface area contributed by atoms with Crippen molar-refractivity contribution < 1.29 is 18.8 Å². The summed E-state index contributed by atoms with van der Waals surface area (Å²) in [7, 11) is 0. The Morgan fingerprint density at radius 3 is 1.66 bits per heavy atom. The van der Waals surface area contributed by atoms with E-state index in [0.29, 0.717) is 19.8 Å². The molecule has 0 aromatic heterocycles. The van der Waals surface area contributed by atoms with E-state index in [2.05, 4.69) is 34.5 Å². The maximum atomic E-state index is 13.7. The summed E-state index contributed by atoms with van der Waals surface area (Å²) in [5, 5.41) is 3.41. The Morgan fingerprint density at radius 2 is 1.17 bits per heavy atom. The lowest BCUT2D eigenvalue weighted by molar-refractivity contribution is -0.917. The molecule has 2 heterocycles. The third kappa shape index (κ3) is 5.93. The zero-order valence-electron chi connectivity index (χ0n) is 23.4. The first-order valence-corrected chi connectivity index (χ1v) is 14.6. The van der Waals surface area contributed by atoms with Gasteiger partial charge in [-0.05, 0) is 35.4 Å². The number of nitrogens with zero attached hydrogens (tertiary/aromatic N) is 2. The van der Waals surface area contributed by atoms with E-state index in [1.807, 2.05) is 97.1 Å². The molecular weight excluding hydrogens is 510 g/mol. The predicted octanol–water partition coefficient (Wildman–Crippen LogP) is 5.70. The highest BCUT2D eigenvalue weighted by atomic mass is 16.5. The number of rotatable bonds is 11. The number of benzene rings is 4. The average molecular weight is 549 g/mol. The zero-order valence-corrected chi connectivity index (χ0v) is 23.4. The molecule has 0 saturated carbocycles. The molecule has 2 aliphatic rings. The minimum atomic E-state index is -0.579. The standard InChI is InChI=1S/C35H37N3O3/c39-34-36-35(29-13-5-1-6-14-29,30-15-7-2-8-16-30)28-37(34)31-21-22-38(27-31,23-25-40-32-17-9-3-10-18-32)24-26-41-33-19-11-4-12-20-33/h1-20,31H,21-28H2/p+1. The highest BCUT2D eigenvalue weighted by Crippen LogP contribution is 2.37. The molecule has 6 nitrogen and oxygen atoms in total. The Hall–Kier alpha value is -4.29. The van der Waals surface area contributed by atoms with Crippen molar-refractivity contribution in [1.82, 2.24) is 10.2 Å². The first kappa shape index (κ1) is 26.9. The average Bonchev–Trinajstić information content (AvgIpc) is 3.61. The molecule has 1 atom stereocenters. The first-order valence-electron chi connectivity index (χ1n) is 14.6. The maximum Gasteiger partial charge on any atom is 0.319 e. The molecule has 1 unspecified atom stereocenters. The van der Waals surface area contributed by atoms with Gasteiger partial charge in [-0.3, -0.25) is 0 Å². The second-order valence-electron chi connectivity index (χ2n) is 11.2. The molecule has 4 aromatic rings. The summed E-state index contributed by atoms with van der Waals surface area (Å²) < 4.78 is 13.1. The molecule has 1 N–H and O–H groups in total. The third-order valence-electron chi connectivity index (χ3n) is 8.65. The van der Waals surface area contributed by atoms with Gasteiger partial charge in [0, 0.05) is 6.42 Å². The minimum absolute atomic E-state index is 0.00350. The summed E-state index contributed by atoms with van der Waals surface area (Å²) >= 11 is 0. The number of carbonyl (C=O) groups is 1. The normalized spacial score (nSPS) is 19.1. The van der Waals surface area contributed by atoms with Crippen LogP contribution in [0.5, 0.6) is 11.5 Å². The van der Waals surface area contributed by atoms with Gasteiger partial charge in [-0.1, -0.05) is 97.1 Å². The molecule has 0 radical (unpaired) electrons. The molecule has 2 fully saturated rings. The lowest BCUT2D eigenvalue weighted by Crippen LogP contribution is -2.53. The van der Waals surface area contributed by atoms with Crippen LogP contribution in [0.3, 0.4) is 0 Å². The topological polar surface area (TPSA) is 50.8 Å². The smallest absolute Gasteiger partial charge is 0.319 e. The van der Waals surface area contributed by atoms with Gasteiger partial charge < -0.3 is 24.2 Å². The van der Waals surface area contributed by atoms with Crippen molar-refractivity contribution >= 4 is 6.03 Å². The molecule has 0 spiro atoms. The Balaban J connectivity index is 1.20. The van der Waals surface area contributed by atoms with E-state index >= 15 is 0 Å². The molecule has 2 amide bonds. The van der Waals surface area contributed by atoms with E-state index in [1.54, 1.807) is 0 Å². The van der Waals surface area contributed by atoms with Crippen LogP contribution < -0.4 is 14.8 Å². The number of urea groups is 1. The van der Waals surface area contributed by atoms with Gasteiger partial charge in [0.25, 0.3) is 0 Å². The number of hydrogen-bond donors (Lipinski definition) is 1. The molecular formula is C35H38N3O3+. The summed E-state index contributed by atoms with van der Waals surface area (Å²) in [6, 6.07) is 40.8. The lowest BCUT2D eigenvalue weighted by atomic mass is 9.83. The molecule has 0 bridgehead atoms. The van der Waals surface area contributed by atoms with E-state index in [-0.39, 0.29) is 12.1 Å². The van der Waals surface area contributed by atoms with Crippen molar-refractivity contribution in [2.75, 3.05) is 45.9 Å². The van der Waals surface area contributed by atoms with Crippen LogP contribution in [-0.4, -0.2) is 67.4 Å². The van der Waals surface area contributed by atoms with Crippen molar-refractivity contribution in [2.45, 2.75) is 18.0 Å². The van der Waals surface area contributed by atoms with Gasteiger partial charge in [0.1, 0.15) is 43.3 Å². The van der Waals surface area contributed by atoms with Crippen molar-refractivity contribution in [3.8, 4) is 11.5 Å². The Morgan fingerprint density at radius 1 is 0.707 bits per heavy atom. The van der Waals surface area contributed by atoms with Crippen LogP contribution in [0, 0.1) is 0 Å². The number of para-hydroxylation sites is 2. The van der Waals surface area contributed by atoms with E-state index in [0.717, 1.165) is 59.7 Å². The molecule has 41 heavy (non-hydrogen) atoms. The molecule has 2 aliphatic heterocycles. The van der Waals surface area contributed by atoms with Gasteiger partial charge >= 0.3 is 6.03 Å². The number of carbonyl (C=O) groups excluding carboxylic acids is 1. The first-order chi connectivity index (χ1) is 20.2. The van der Waals surface area contributed by atoms with E-state index in [9.17, 15) is 4.79 Å². The quantitative estimate of drug-likeness (QED) is 0.245. The zero-order chi connectivity index (χ0) is 28.0. The number of likely N-dealkylation sites (tertiary alicyclic amines) is 1. The van der Waals surface area contributed by atoms with Crippen LogP contribution in [0.2, 0.25) is 0 Å². The van der Waals surface area contributed by atoms with Crippen molar-refractivity contribution in [2.24, 2.45) is 0 Å². The molecule has 210 valence electrons. The van der Waals surface area contributed by atoms with Crippen molar-refractivity contribution in [3.05, 3.63) is 132 Å². The SMILES string of the molecule is O=C1NC(c2ccccc2)(c2ccccc2)CN1C1CC[N+](CCOc2ccccc2)(CCOc2ccccc2)C1. The fourth-order valence-electron chi connectivity index (χ4n) is 6.43. The highest BCUT2D eigenvalue weighted by molar-refractivity contribution is 5.80.